The van der Waals surface area contributed by atoms with Gasteiger partial charge in [-0.05, 0) is 12.1 Å². The van der Waals surface area contributed by atoms with Crippen molar-refractivity contribution in [1.29, 1.82) is 0 Å². The van der Waals surface area contributed by atoms with Crippen molar-refractivity contribution in [2.45, 2.75) is 0 Å². The van der Waals surface area contributed by atoms with E-state index in [9.17, 15) is 8.78 Å². The molecule has 0 spiro atoms. The van der Waals surface area contributed by atoms with E-state index in [-0.39, 0.29) is 10.6 Å². The second kappa shape index (κ2) is 2.45. The second-order valence-corrected chi connectivity index (χ2v) is 2.73. The molecule has 0 amide bonds. The summed E-state index contributed by atoms with van der Waals surface area (Å²) in [5, 5.41) is 0.223. The minimum atomic E-state index is -1.07. The highest BCUT2D eigenvalue weighted by atomic mass is 35.5. The van der Waals surface area contributed by atoms with Gasteiger partial charge in [0.1, 0.15) is 0 Å². The van der Waals surface area contributed by atoms with Crippen molar-refractivity contribution in [2.24, 2.45) is 0 Å². The van der Waals surface area contributed by atoms with Gasteiger partial charge in [-0.3, -0.25) is 0 Å². The maximum atomic E-state index is 12.9. The second-order valence-electron chi connectivity index (χ2n) is 2.33. The Morgan fingerprint density at radius 2 is 2.00 bits per heavy atom. The zero-order valence-corrected chi connectivity index (χ0v) is 6.53. The molecular formula is C8H3ClF2O. The number of benzene rings is 1. The molecular weight excluding hydrogens is 186 g/mol. The average molecular weight is 189 g/mol. The summed E-state index contributed by atoms with van der Waals surface area (Å²) in [5.74, 6) is -2.11. The van der Waals surface area contributed by atoms with E-state index < -0.39 is 11.6 Å². The van der Waals surface area contributed by atoms with Crippen LogP contribution in [0.1, 0.15) is 0 Å². The van der Waals surface area contributed by atoms with E-state index in [2.05, 4.69) is 0 Å². The zero-order valence-electron chi connectivity index (χ0n) is 5.77. The van der Waals surface area contributed by atoms with Crippen molar-refractivity contribution in [3.8, 4) is 0 Å². The Bertz CT molecular complexity index is 436. The number of fused-ring (bicyclic) bond motifs is 1. The summed E-state index contributed by atoms with van der Waals surface area (Å²) in [5.41, 5.74) is -0.100. The molecule has 4 heteroatoms. The molecule has 0 N–H and O–H groups in total. The van der Waals surface area contributed by atoms with Crippen LogP contribution < -0.4 is 0 Å². The topological polar surface area (TPSA) is 13.1 Å². The first kappa shape index (κ1) is 7.55. The summed E-state index contributed by atoms with van der Waals surface area (Å²) >= 11 is 5.39. The SMILES string of the molecule is Fc1c(Cl)cc2ccoc2c1F. The smallest absolute Gasteiger partial charge is 0.203 e. The van der Waals surface area contributed by atoms with Crippen LogP contribution in [-0.2, 0) is 0 Å². The van der Waals surface area contributed by atoms with Gasteiger partial charge in [-0.2, -0.15) is 4.39 Å². The summed E-state index contributed by atoms with van der Waals surface area (Å²) in [6.45, 7) is 0. The van der Waals surface area contributed by atoms with Gasteiger partial charge in [-0.25, -0.2) is 4.39 Å². The largest absolute Gasteiger partial charge is 0.461 e. The molecule has 0 bridgehead atoms. The zero-order chi connectivity index (χ0) is 8.72. The minimum absolute atomic E-state index is 0.100. The third kappa shape index (κ3) is 0.898. The van der Waals surface area contributed by atoms with Crippen LogP contribution in [0.15, 0.2) is 22.8 Å². The Balaban J connectivity index is 2.94. The lowest BCUT2D eigenvalue weighted by Gasteiger charge is -1.95. The summed E-state index contributed by atoms with van der Waals surface area (Å²) < 4.78 is 30.4. The minimum Gasteiger partial charge on any atom is -0.461 e. The first-order valence-electron chi connectivity index (χ1n) is 3.21. The van der Waals surface area contributed by atoms with Crippen LogP contribution in [0.2, 0.25) is 5.02 Å². The van der Waals surface area contributed by atoms with Crippen LogP contribution in [-0.4, -0.2) is 0 Å². The predicted octanol–water partition coefficient (Wildman–Crippen LogP) is 3.36. The number of furan rings is 1. The maximum absolute atomic E-state index is 12.9. The van der Waals surface area contributed by atoms with Gasteiger partial charge in [-0.15, -0.1) is 0 Å². The van der Waals surface area contributed by atoms with Crippen LogP contribution >= 0.6 is 11.6 Å². The lowest BCUT2D eigenvalue weighted by atomic mass is 10.2. The lowest BCUT2D eigenvalue weighted by molar-refractivity contribution is 0.492. The maximum Gasteiger partial charge on any atom is 0.203 e. The van der Waals surface area contributed by atoms with Crippen molar-refractivity contribution >= 4 is 22.6 Å². The molecule has 2 rings (SSSR count). The molecule has 0 aliphatic carbocycles. The van der Waals surface area contributed by atoms with Crippen LogP contribution in [0.3, 0.4) is 0 Å². The monoisotopic (exact) mass is 188 g/mol. The van der Waals surface area contributed by atoms with Crippen molar-refractivity contribution in [2.75, 3.05) is 0 Å². The van der Waals surface area contributed by atoms with Crippen LogP contribution in [0.25, 0.3) is 11.0 Å². The molecule has 0 aliphatic rings. The molecule has 0 saturated carbocycles. The fraction of sp³-hybridized carbons (Fsp3) is 0. The predicted molar refractivity (Wildman–Crippen MR) is 41.1 cm³/mol. The Morgan fingerprint density at radius 3 is 2.75 bits per heavy atom. The highest BCUT2D eigenvalue weighted by Crippen LogP contribution is 2.27. The third-order valence-corrected chi connectivity index (χ3v) is 1.85. The Hall–Kier alpha value is -1.09. The summed E-state index contributed by atoms with van der Waals surface area (Å²) in [7, 11) is 0. The van der Waals surface area contributed by atoms with Gasteiger partial charge in [0.25, 0.3) is 0 Å². The van der Waals surface area contributed by atoms with Crippen LogP contribution in [0.4, 0.5) is 8.78 Å². The van der Waals surface area contributed by atoms with E-state index in [0.29, 0.717) is 5.39 Å². The fourth-order valence-electron chi connectivity index (χ4n) is 1.02. The number of rotatable bonds is 0. The van der Waals surface area contributed by atoms with Crippen LogP contribution in [0, 0.1) is 11.6 Å². The highest BCUT2D eigenvalue weighted by Gasteiger charge is 2.13. The third-order valence-electron chi connectivity index (χ3n) is 1.58. The first-order chi connectivity index (χ1) is 5.70. The van der Waals surface area contributed by atoms with Gasteiger partial charge < -0.3 is 4.42 Å². The molecule has 0 saturated heterocycles. The van der Waals surface area contributed by atoms with Crippen molar-refractivity contribution in [1.82, 2.24) is 0 Å². The molecule has 0 unspecified atom stereocenters. The molecule has 0 fully saturated rings. The lowest BCUT2D eigenvalue weighted by Crippen LogP contribution is -1.84. The van der Waals surface area contributed by atoms with Gasteiger partial charge in [-0.1, -0.05) is 11.6 Å². The van der Waals surface area contributed by atoms with E-state index in [1.54, 1.807) is 0 Å². The molecule has 1 aromatic heterocycles. The molecule has 1 aromatic carbocycles. The molecule has 1 heterocycles. The van der Waals surface area contributed by atoms with Crippen molar-refractivity contribution in [3.63, 3.8) is 0 Å². The van der Waals surface area contributed by atoms with E-state index in [1.165, 1.54) is 18.4 Å². The quantitative estimate of drug-likeness (QED) is 0.578. The number of hydrogen-bond acceptors (Lipinski definition) is 1. The summed E-state index contributed by atoms with van der Waals surface area (Å²) in [4.78, 5) is 0. The van der Waals surface area contributed by atoms with E-state index in [1.807, 2.05) is 0 Å². The van der Waals surface area contributed by atoms with E-state index in [0.717, 1.165) is 0 Å². The van der Waals surface area contributed by atoms with Gasteiger partial charge in [0.15, 0.2) is 11.4 Å². The number of halogens is 3. The molecule has 0 atom stereocenters. The van der Waals surface area contributed by atoms with Crippen LogP contribution in [0.5, 0.6) is 0 Å². The normalized spacial score (nSPS) is 10.9. The van der Waals surface area contributed by atoms with Gasteiger partial charge in [0, 0.05) is 5.39 Å². The highest BCUT2D eigenvalue weighted by molar-refractivity contribution is 6.31. The standard InChI is InChI=1S/C8H3ClF2O/c9-5-3-4-1-2-12-8(4)7(11)6(5)10/h1-3H. The Morgan fingerprint density at radius 1 is 1.25 bits per heavy atom. The van der Waals surface area contributed by atoms with Gasteiger partial charge in [0.2, 0.25) is 5.82 Å². The van der Waals surface area contributed by atoms with Gasteiger partial charge in [0.05, 0.1) is 11.3 Å². The fourth-order valence-corrected chi connectivity index (χ4v) is 1.22. The Kier molecular flexibility index (Phi) is 1.54. The van der Waals surface area contributed by atoms with Gasteiger partial charge >= 0.3 is 0 Å². The summed E-state index contributed by atoms with van der Waals surface area (Å²) in [6.07, 6.45) is 1.28. The first-order valence-corrected chi connectivity index (χ1v) is 3.58. The average Bonchev–Trinajstić information content (AvgIpc) is 2.48. The van der Waals surface area contributed by atoms with Crippen molar-refractivity contribution < 1.29 is 13.2 Å². The Labute approximate surface area is 71.5 Å². The molecule has 62 valence electrons. The molecule has 12 heavy (non-hydrogen) atoms. The molecule has 0 aliphatic heterocycles. The summed E-state index contributed by atoms with van der Waals surface area (Å²) in [6, 6.07) is 2.84. The number of hydrogen-bond donors (Lipinski definition) is 0. The molecule has 2 aromatic rings. The van der Waals surface area contributed by atoms with Crippen molar-refractivity contribution in [3.05, 3.63) is 35.1 Å². The van der Waals surface area contributed by atoms with E-state index in [4.69, 9.17) is 16.0 Å². The van der Waals surface area contributed by atoms with E-state index >= 15 is 0 Å². The molecule has 0 radical (unpaired) electrons. The molecule has 1 nitrogen and oxygen atoms in total.